The van der Waals surface area contributed by atoms with Crippen LogP contribution >= 0.6 is 0 Å². The largest absolute Gasteiger partial charge is 0.341 e. The zero-order valence-electron chi connectivity index (χ0n) is 17.8. The highest BCUT2D eigenvalue weighted by Crippen LogP contribution is 2.36. The number of hydrogen-bond acceptors (Lipinski definition) is 5. The van der Waals surface area contributed by atoms with Crippen LogP contribution < -0.4 is 10.5 Å². The van der Waals surface area contributed by atoms with Crippen LogP contribution in [0.4, 0.5) is 5.95 Å². The third-order valence-electron chi connectivity index (χ3n) is 6.82. The molecule has 1 amide bonds. The van der Waals surface area contributed by atoms with Crippen LogP contribution in [0.25, 0.3) is 0 Å². The molecule has 0 aromatic carbocycles. The lowest BCUT2D eigenvalue weighted by molar-refractivity contribution is -0.138. The first kappa shape index (κ1) is 19.3. The number of piperidine rings is 2. The molecule has 5 rings (SSSR count). The summed E-state index contributed by atoms with van der Waals surface area (Å²) in [5.74, 6) is 1.61. The number of carbonyl (C=O) groups excluding carboxylic acids is 1. The number of fused-ring (bicyclic) bond motifs is 4. The van der Waals surface area contributed by atoms with Gasteiger partial charge in [0.15, 0.2) is 0 Å². The lowest BCUT2D eigenvalue weighted by atomic mass is 9.82. The minimum absolute atomic E-state index is 0.0139. The Bertz CT molecular complexity index is 1010. The van der Waals surface area contributed by atoms with Crippen molar-refractivity contribution in [2.45, 2.75) is 45.6 Å². The van der Waals surface area contributed by atoms with Gasteiger partial charge in [-0.1, -0.05) is 6.07 Å². The Hall–Kier alpha value is -2.70. The van der Waals surface area contributed by atoms with Crippen LogP contribution in [0.15, 0.2) is 29.1 Å². The molecule has 2 aromatic heterocycles. The molecule has 1 unspecified atom stereocenters. The van der Waals surface area contributed by atoms with E-state index in [1.165, 1.54) is 0 Å². The van der Waals surface area contributed by atoms with Gasteiger partial charge in [-0.2, -0.15) is 0 Å². The molecule has 7 heteroatoms. The topological polar surface area (TPSA) is 71.3 Å². The zero-order chi connectivity index (χ0) is 20.8. The Kier molecular flexibility index (Phi) is 4.83. The monoisotopic (exact) mass is 407 g/mol. The molecule has 0 radical (unpaired) electrons. The minimum atomic E-state index is -0.0139. The molecule has 0 aliphatic carbocycles. The first-order valence-corrected chi connectivity index (χ1v) is 11.0. The second-order valence-electron chi connectivity index (χ2n) is 9.18. The average molecular weight is 408 g/mol. The molecule has 158 valence electrons. The molecular formula is C23H29N5O2. The molecule has 2 aromatic rings. The van der Waals surface area contributed by atoms with Crippen LogP contribution in [-0.4, -0.2) is 51.5 Å². The Morgan fingerprint density at radius 1 is 1.07 bits per heavy atom. The summed E-state index contributed by atoms with van der Waals surface area (Å²) in [5, 5.41) is 0. The van der Waals surface area contributed by atoms with Crippen molar-refractivity contribution in [2.75, 3.05) is 31.1 Å². The third kappa shape index (κ3) is 3.50. The van der Waals surface area contributed by atoms with E-state index in [2.05, 4.69) is 25.8 Å². The summed E-state index contributed by atoms with van der Waals surface area (Å²) in [4.78, 5) is 39.1. The van der Waals surface area contributed by atoms with Gasteiger partial charge in [-0.25, -0.2) is 9.97 Å². The van der Waals surface area contributed by atoms with E-state index >= 15 is 0 Å². The summed E-state index contributed by atoms with van der Waals surface area (Å²) >= 11 is 0. The molecule has 7 nitrogen and oxygen atoms in total. The van der Waals surface area contributed by atoms with Gasteiger partial charge in [0.2, 0.25) is 11.9 Å². The van der Waals surface area contributed by atoms with E-state index in [-0.39, 0.29) is 23.3 Å². The fourth-order valence-electron chi connectivity index (χ4n) is 5.54. The maximum Gasteiger partial charge on any atom is 0.250 e. The van der Waals surface area contributed by atoms with Gasteiger partial charge in [-0.3, -0.25) is 9.59 Å². The summed E-state index contributed by atoms with van der Waals surface area (Å²) in [7, 11) is 0. The Morgan fingerprint density at radius 3 is 2.67 bits per heavy atom. The number of aryl methyl sites for hydroxylation is 2. The molecule has 30 heavy (non-hydrogen) atoms. The van der Waals surface area contributed by atoms with Crippen LogP contribution in [0.2, 0.25) is 0 Å². The number of anilines is 1. The second kappa shape index (κ2) is 7.52. The van der Waals surface area contributed by atoms with Gasteiger partial charge >= 0.3 is 0 Å². The summed E-state index contributed by atoms with van der Waals surface area (Å²) in [6.07, 6.45) is 2.97. The Morgan fingerprint density at radius 2 is 1.87 bits per heavy atom. The quantitative estimate of drug-likeness (QED) is 0.763. The van der Waals surface area contributed by atoms with Crippen molar-refractivity contribution in [3.05, 3.63) is 51.7 Å². The first-order valence-electron chi connectivity index (χ1n) is 11.0. The maximum atomic E-state index is 13.5. The normalized spacial score (nSPS) is 25.7. The van der Waals surface area contributed by atoms with Crippen molar-refractivity contribution < 1.29 is 4.79 Å². The Balaban J connectivity index is 1.32. The van der Waals surface area contributed by atoms with Crippen LogP contribution in [0, 0.1) is 25.7 Å². The SMILES string of the molecule is Cc1cc(C)nc(N2CCCC(C(=O)N3C[C@@H]4C[C@H](C3)c3cccc(=O)n3C4)C2)n1. The van der Waals surface area contributed by atoms with E-state index in [9.17, 15) is 9.59 Å². The molecule has 3 atom stereocenters. The Labute approximate surface area is 176 Å². The lowest BCUT2D eigenvalue weighted by Gasteiger charge is -2.44. The molecule has 3 aliphatic heterocycles. The van der Waals surface area contributed by atoms with Crippen LogP contribution in [0.5, 0.6) is 0 Å². The number of carbonyl (C=O) groups is 1. The van der Waals surface area contributed by atoms with Crippen LogP contribution in [-0.2, 0) is 11.3 Å². The molecule has 0 N–H and O–H groups in total. The maximum absolute atomic E-state index is 13.5. The van der Waals surface area contributed by atoms with E-state index in [0.717, 1.165) is 68.5 Å². The molecular weight excluding hydrogens is 378 g/mol. The molecule has 3 aliphatic rings. The summed E-state index contributed by atoms with van der Waals surface area (Å²) in [6, 6.07) is 7.51. The van der Waals surface area contributed by atoms with E-state index in [4.69, 9.17) is 0 Å². The van der Waals surface area contributed by atoms with Crippen molar-refractivity contribution >= 4 is 11.9 Å². The van der Waals surface area contributed by atoms with E-state index < -0.39 is 0 Å². The lowest BCUT2D eigenvalue weighted by Crippen LogP contribution is -2.52. The van der Waals surface area contributed by atoms with Gasteiger partial charge in [0.1, 0.15) is 0 Å². The number of hydrogen-bond donors (Lipinski definition) is 0. The number of aromatic nitrogens is 3. The summed E-state index contributed by atoms with van der Waals surface area (Å²) < 4.78 is 1.92. The van der Waals surface area contributed by atoms with Crippen molar-refractivity contribution in [1.29, 1.82) is 0 Å². The van der Waals surface area contributed by atoms with Gasteiger partial charge < -0.3 is 14.4 Å². The van der Waals surface area contributed by atoms with Gasteiger partial charge in [0.05, 0.1) is 5.92 Å². The number of pyridine rings is 1. The van der Waals surface area contributed by atoms with Crippen LogP contribution in [0.1, 0.15) is 42.3 Å². The summed E-state index contributed by atoms with van der Waals surface area (Å²) in [6.45, 7) is 7.75. The molecule has 0 saturated carbocycles. The third-order valence-corrected chi connectivity index (χ3v) is 6.82. The van der Waals surface area contributed by atoms with Gasteiger partial charge in [-0.15, -0.1) is 0 Å². The van der Waals surface area contributed by atoms with E-state index in [1.54, 1.807) is 6.07 Å². The first-order chi connectivity index (χ1) is 14.5. The molecule has 5 heterocycles. The van der Waals surface area contributed by atoms with Gasteiger partial charge in [0, 0.05) is 61.8 Å². The van der Waals surface area contributed by atoms with Crippen molar-refractivity contribution in [3.63, 3.8) is 0 Å². The van der Waals surface area contributed by atoms with Gasteiger partial charge in [0.25, 0.3) is 5.56 Å². The highest BCUT2D eigenvalue weighted by atomic mass is 16.2. The number of rotatable bonds is 2. The highest BCUT2D eigenvalue weighted by molar-refractivity contribution is 5.80. The van der Waals surface area contributed by atoms with Crippen molar-refractivity contribution in [2.24, 2.45) is 11.8 Å². The number of nitrogens with zero attached hydrogens (tertiary/aromatic N) is 5. The highest BCUT2D eigenvalue weighted by Gasteiger charge is 2.39. The van der Waals surface area contributed by atoms with Crippen molar-refractivity contribution in [3.8, 4) is 0 Å². The minimum Gasteiger partial charge on any atom is -0.341 e. The van der Waals surface area contributed by atoms with E-state index in [0.29, 0.717) is 12.5 Å². The molecule has 0 spiro atoms. The van der Waals surface area contributed by atoms with Crippen LogP contribution in [0.3, 0.4) is 0 Å². The second-order valence-corrected chi connectivity index (χ2v) is 9.18. The zero-order valence-corrected chi connectivity index (χ0v) is 17.8. The average Bonchev–Trinajstić information content (AvgIpc) is 2.73. The number of likely N-dealkylation sites (tertiary alicyclic amines) is 1. The fraction of sp³-hybridized carbons (Fsp3) is 0.565. The van der Waals surface area contributed by atoms with Gasteiger partial charge in [-0.05, 0) is 51.2 Å². The van der Waals surface area contributed by atoms with E-state index in [1.807, 2.05) is 30.5 Å². The number of amides is 1. The predicted octanol–water partition coefficient (Wildman–Crippen LogP) is 2.12. The molecule has 2 bridgehead atoms. The fourth-order valence-corrected chi connectivity index (χ4v) is 5.54. The van der Waals surface area contributed by atoms with Crippen molar-refractivity contribution in [1.82, 2.24) is 19.4 Å². The standard InChI is InChI=1S/C23H29N5O2/c1-15-9-16(2)25-23(24-15)26-8-4-5-18(13-26)22(30)27-11-17-10-19(14-27)20-6-3-7-21(29)28(20)12-17/h3,6-7,9,17-19H,4-5,8,10-14H2,1-2H3/t17-,18?,19+/m0/s1. The summed E-state index contributed by atoms with van der Waals surface area (Å²) in [5.41, 5.74) is 3.09. The predicted molar refractivity (Wildman–Crippen MR) is 115 cm³/mol. The molecule has 2 saturated heterocycles. The smallest absolute Gasteiger partial charge is 0.250 e. The molecule has 2 fully saturated rings.